The van der Waals surface area contributed by atoms with Crippen LogP contribution in [-0.4, -0.2) is 11.0 Å². The van der Waals surface area contributed by atoms with E-state index in [4.69, 9.17) is 17.3 Å². The van der Waals surface area contributed by atoms with E-state index >= 15 is 0 Å². The topological polar surface area (TPSA) is 75.3 Å². The molecule has 4 N–H and O–H groups in total. The maximum atomic E-state index is 12.0. The predicted octanol–water partition coefficient (Wildman–Crippen LogP) is 3.19. The van der Waals surface area contributed by atoms with Gasteiger partial charge in [0.25, 0.3) is 5.91 Å². The number of halogens is 1. The molecular weight excluding hydrogens is 264 g/mol. The third kappa shape index (κ3) is 2.98. The quantitative estimate of drug-likeness (QED) is 0.582. The summed E-state index contributed by atoms with van der Waals surface area (Å²) in [5.74, 6) is -0.227. The molecule has 2 rings (SSSR count). The van der Waals surface area contributed by atoms with E-state index in [2.05, 4.69) is 5.32 Å². The first-order valence-electron chi connectivity index (χ1n) is 5.63. The number of carbonyl (C=O) groups is 1. The zero-order valence-corrected chi connectivity index (χ0v) is 11.0. The molecule has 0 atom stereocenters. The maximum absolute atomic E-state index is 12.0. The van der Waals surface area contributed by atoms with Gasteiger partial charge in [-0.25, -0.2) is 0 Å². The van der Waals surface area contributed by atoms with E-state index in [-0.39, 0.29) is 11.7 Å². The summed E-state index contributed by atoms with van der Waals surface area (Å²) in [6.45, 7) is 1.83. The summed E-state index contributed by atoms with van der Waals surface area (Å²) in [7, 11) is 0. The molecule has 5 heteroatoms. The van der Waals surface area contributed by atoms with Gasteiger partial charge in [-0.15, -0.1) is 0 Å². The van der Waals surface area contributed by atoms with Gasteiger partial charge in [0.05, 0.1) is 11.4 Å². The number of nitrogen functional groups attached to an aromatic ring is 1. The van der Waals surface area contributed by atoms with Crippen molar-refractivity contribution in [3.63, 3.8) is 0 Å². The molecule has 0 bridgehead atoms. The van der Waals surface area contributed by atoms with Gasteiger partial charge < -0.3 is 16.2 Å². The maximum Gasteiger partial charge on any atom is 0.255 e. The number of hydrogen-bond acceptors (Lipinski definition) is 3. The van der Waals surface area contributed by atoms with E-state index in [1.165, 1.54) is 12.1 Å². The van der Waals surface area contributed by atoms with Crippen molar-refractivity contribution in [2.24, 2.45) is 0 Å². The zero-order valence-electron chi connectivity index (χ0n) is 10.3. The van der Waals surface area contributed by atoms with Crippen LogP contribution in [0.3, 0.4) is 0 Å². The second-order valence-electron chi connectivity index (χ2n) is 4.19. The van der Waals surface area contributed by atoms with E-state index in [1.54, 1.807) is 24.3 Å². The fourth-order valence-electron chi connectivity index (χ4n) is 1.64. The minimum absolute atomic E-state index is 0.0536. The number of hydrogen-bond donors (Lipinski definition) is 3. The molecule has 0 aliphatic heterocycles. The molecule has 4 nitrogen and oxygen atoms in total. The molecule has 19 heavy (non-hydrogen) atoms. The van der Waals surface area contributed by atoms with Gasteiger partial charge in [0, 0.05) is 16.7 Å². The van der Waals surface area contributed by atoms with Crippen LogP contribution >= 0.6 is 11.6 Å². The molecule has 0 saturated carbocycles. The van der Waals surface area contributed by atoms with Gasteiger partial charge >= 0.3 is 0 Å². The summed E-state index contributed by atoms with van der Waals surface area (Å²) in [5, 5.41) is 12.5. The van der Waals surface area contributed by atoms with E-state index in [9.17, 15) is 9.90 Å². The highest BCUT2D eigenvalue weighted by molar-refractivity contribution is 6.31. The third-order valence-electron chi connectivity index (χ3n) is 2.70. The van der Waals surface area contributed by atoms with E-state index in [0.29, 0.717) is 22.0 Å². The molecule has 0 saturated heterocycles. The highest BCUT2D eigenvalue weighted by Gasteiger charge is 2.09. The van der Waals surface area contributed by atoms with E-state index in [1.807, 2.05) is 6.92 Å². The second kappa shape index (κ2) is 5.20. The van der Waals surface area contributed by atoms with Crippen molar-refractivity contribution in [3.8, 4) is 5.75 Å². The minimum Gasteiger partial charge on any atom is -0.508 e. The summed E-state index contributed by atoms with van der Waals surface area (Å²) in [5.41, 5.74) is 7.79. The molecule has 98 valence electrons. The van der Waals surface area contributed by atoms with Gasteiger partial charge in [-0.1, -0.05) is 11.6 Å². The van der Waals surface area contributed by atoms with Crippen LogP contribution in [0.15, 0.2) is 36.4 Å². The van der Waals surface area contributed by atoms with Gasteiger partial charge in [-0.3, -0.25) is 4.79 Å². The normalized spacial score (nSPS) is 10.2. The lowest BCUT2D eigenvalue weighted by Gasteiger charge is -2.09. The predicted molar refractivity (Wildman–Crippen MR) is 76.7 cm³/mol. The molecule has 2 aromatic rings. The fraction of sp³-hybridized carbons (Fsp3) is 0.0714. The molecule has 0 aliphatic rings. The van der Waals surface area contributed by atoms with Crippen molar-refractivity contribution in [1.29, 1.82) is 0 Å². The molecule has 0 fully saturated rings. The highest BCUT2D eigenvalue weighted by Crippen LogP contribution is 2.24. The third-order valence-corrected chi connectivity index (χ3v) is 3.13. The lowest BCUT2D eigenvalue weighted by Crippen LogP contribution is -2.13. The zero-order chi connectivity index (χ0) is 14.0. The summed E-state index contributed by atoms with van der Waals surface area (Å²) in [6.07, 6.45) is 0. The van der Waals surface area contributed by atoms with Crippen LogP contribution in [0.1, 0.15) is 15.9 Å². The Bertz CT molecular complexity index is 641. The molecule has 1 amide bonds. The van der Waals surface area contributed by atoms with E-state index in [0.717, 1.165) is 5.56 Å². The van der Waals surface area contributed by atoms with Gasteiger partial charge in [0.1, 0.15) is 5.75 Å². The van der Waals surface area contributed by atoms with Gasteiger partial charge in [-0.2, -0.15) is 0 Å². The van der Waals surface area contributed by atoms with Crippen LogP contribution in [0.25, 0.3) is 0 Å². The number of aryl methyl sites for hydroxylation is 1. The van der Waals surface area contributed by atoms with Crippen molar-refractivity contribution < 1.29 is 9.90 Å². The van der Waals surface area contributed by atoms with Crippen molar-refractivity contribution in [3.05, 3.63) is 52.5 Å². The Morgan fingerprint density at radius 1 is 1.26 bits per heavy atom. The summed E-state index contributed by atoms with van der Waals surface area (Å²) in [6, 6.07) is 9.40. The number of carbonyl (C=O) groups excluding carboxylic acids is 1. The van der Waals surface area contributed by atoms with Crippen LogP contribution in [0.4, 0.5) is 11.4 Å². The van der Waals surface area contributed by atoms with Crippen LogP contribution < -0.4 is 11.1 Å². The monoisotopic (exact) mass is 276 g/mol. The Balaban J connectivity index is 2.23. The average Bonchev–Trinajstić information content (AvgIpc) is 2.36. The van der Waals surface area contributed by atoms with Crippen LogP contribution in [0.5, 0.6) is 5.75 Å². The number of phenols is 1. The molecule has 0 aliphatic carbocycles. The van der Waals surface area contributed by atoms with Crippen LogP contribution in [0.2, 0.25) is 5.02 Å². The Morgan fingerprint density at radius 2 is 2.00 bits per heavy atom. The molecule has 2 aromatic carbocycles. The molecule has 0 radical (unpaired) electrons. The van der Waals surface area contributed by atoms with Gasteiger partial charge in [0.2, 0.25) is 0 Å². The Hall–Kier alpha value is -2.20. The van der Waals surface area contributed by atoms with Crippen LogP contribution in [0, 0.1) is 6.92 Å². The SMILES string of the molecule is Cc1cc(C(=O)Nc2ccc(O)cc2N)ccc1Cl. The number of anilines is 2. The number of nitrogens with one attached hydrogen (secondary N) is 1. The number of amides is 1. The standard InChI is InChI=1S/C14H13ClN2O2/c1-8-6-9(2-4-11(8)15)14(19)17-13-5-3-10(18)7-12(13)16/h2-7,18H,16H2,1H3,(H,17,19). The van der Waals surface area contributed by atoms with E-state index < -0.39 is 0 Å². The molecule has 0 heterocycles. The average molecular weight is 277 g/mol. The van der Waals surface area contributed by atoms with Gasteiger partial charge in [-0.05, 0) is 42.8 Å². The molecule has 0 unspecified atom stereocenters. The number of aromatic hydroxyl groups is 1. The first-order chi connectivity index (χ1) is 8.97. The van der Waals surface area contributed by atoms with Gasteiger partial charge in [0.15, 0.2) is 0 Å². The Labute approximate surface area is 115 Å². The number of benzene rings is 2. The summed E-state index contributed by atoms with van der Waals surface area (Å²) >= 11 is 5.91. The minimum atomic E-state index is -0.280. The van der Waals surface area contributed by atoms with Crippen molar-refractivity contribution in [1.82, 2.24) is 0 Å². The van der Waals surface area contributed by atoms with Crippen LogP contribution in [-0.2, 0) is 0 Å². The molecular formula is C14H13ClN2O2. The summed E-state index contributed by atoms with van der Waals surface area (Å²) in [4.78, 5) is 12.0. The fourth-order valence-corrected chi connectivity index (χ4v) is 1.76. The first kappa shape index (κ1) is 13.2. The largest absolute Gasteiger partial charge is 0.508 e. The number of nitrogens with two attached hydrogens (primary N) is 1. The Morgan fingerprint density at radius 3 is 2.63 bits per heavy atom. The lowest BCUT2D eigenvalue weighted by atomic mass is 10.1. The van der Waals surface area contributed by atoms with Crippen molar-refractivity contribution >= 4 is 28.9 Å². The highest BCUT2D eigenvalue weighted by atomic mass is 35.5. The Kier molecular flexibility index (Phi) is 3.62. The second-order valence-corrected chi connectivity index (χ2v) is 4.60. The first-order valence-corrected chi connectivity index (χ1v) is 6.01. The summed E-state index contributed by atoms with van der Waals surface area (Å²) < 4.78 is 0. The molecule has 0 spiro atoms. The smallest absolute Gasteiger partial charge is 0.255 e. The van der Waals surface area contributed by atoms with Crippen molar-refractivity contribution in [2.45, 2.75) is 6.92 Å². The number of rotatable bonds is 2. The van der Waals surface area contributed by atoms with Crippen molar-refractivity contribution in [2.75, 3.05) is 11.1 Å². The molecule has 0 aromatic heterocycles. The number of phenolic OH excluding ortho intramolecular Hbond substituents is 1. The lowest BCUT2D eigenvalue weighted by molar-refractivity contribution is 0.102.